The Balaban J connectivity index is 1.40. The van der Waals surface area contributed by atoms with Crippen LogP contribution in [0.4, 0.5) is 5.69 Å². The molecule has 0 bridgehead atoms. The highest BCUT2D eigenvalue weighted by Gasteiger charge is 2.30. The first-order chi connectivity index (χ1) is 16.6. The van der Waals surface area contributed by atoms with Gasteiger partial charge >= 0.3 is 0 Å². The third-order valence-corrected chi connectivity index (χ3v) is 7.62. The van der Waals surface area contributed by atoms with Crippen LogP contribution in [-0.2, 0) is 20.4 Å². The van der Waals surface area contributed by atoms with Gasteiger partial charge in [-0.25, -0.2) is 13.4 Å². The summed E-state index contributed by atoms with van der Waals surface area (Å²) in [6.07, 6.45) is 0. The minimum Gasteiger partial charge on any atom is -0.497 e. The van der Waals surface area contributed by atoms with Crippen LogP contribution in [-0.4, -0.2) is 62.7 Å². The van der Waals surface area contributed by atoms with Crippen LogP contribution in [0, 0.1) is 13.8 Å². The molecular weight excluding hydrogens is 466 g/mol. The molecule has 2 aromatic carbocycles. The van der Waals surface area contributed by atoms with Crippen LogP contribution < -0.4 is 9.64 Å². The third-order valence-electron chi connectivity index (χ3n) is 6.22. The van der Waals surface area contributed by atoms with Gasteiger partial charge in [-0.05, 0) is 56.7 Å². The maximum Gasteiger partial charge on any atom is 0.237 e. The van der Waals surface area contributed by atoms with E-state index in [-0.39, 0.29) is 17.7 Å². The lowest BCUT2D eigenvalue weighted by Crippen LogP contribution is -2.54. The fourth-order valence-corrected chi connectivity index (χ4v) is 5.70. The third kappa shape index (κ3) is 5.85. The molecule has 8 nitrogen and oxygen atoms in total. The smallest absolute Gasteiger partial charge is 0.237 e. The molecule has 1 amide bonds. The first-order valence-electron chi connectivity index (χ1n) is 11.6. The number of hydrogen-bond acceptors (Lipinski definition) is 7. The number of methoxy groups -OCH3 is 1. The number of oxazole rings is 1. The summed E-state index contributed by atoms with van der Waals surface area (Å²) < 4.78 is 36.7. The van der Waals surface area contributed by atoms with Crippen LogP contribution in [0.5, 0.6) is 5.75 Å². The van der Waals surface area contributed by atoms with E-state index in [2.05, 4.69) is 41.9 Å². The molecular formula is C26H31N3O5S. The average Bonchev–Trinajstić information content (AvgIpc) is 3.18. The van der Waals surface area contributed by atoms with Gasteiger partial charge in [-0.1, -0.05) is 18.2 Å². The number of rotatable bonds is 7. The number of ether oxygens (including phenoxy) is 1. The van der Waals surface area contributed by atoms with Crippen molar-refractivity contribution in [2.24, 2.45) is 0 Å². The summed E-state index contributed by atoms with van der Waals surface area (Å²) in [6.45, 7) is 7.39. The molecule has 0 aliphatic carbocycles. The Hall–Kier alpha value is -3.33. The minimum atomic E-state index is -3.73. The second-order valence-electron chi connectivity index (χ2n) is 9.01. The highest BCUT2D eigenvalue weighted by Crippen LogP contribution is 2.26. The number of anilines is 1. The molecule has 1 unspecified atom stereocenters. The first-order valence-corrected chi connectivity index (χ1v) is 13.4. The van der Waals surface area contributed by atoms with Gasteiger partial charge in [-0.15, -0.1) is 0 Å². The van der Waals surface area contributed by atoms with Gasteiger partial charge in [0.25, 0.3) is 0 Å². The van der Waals surface area contributed by atoms with E-state index < -0.39 is 15.6 Å². The predicted octanol–water partition coefficient (Wildman–Crippen LogP) is 3.62. The molecule has 1 atom stereocenters. The molecule has 1 fully saturated rings. The van der Waals surface area contributed by atoms with Gasteiger partial charge < -0.3 is 19.0 Å². The normalized spacial score (nSPS) is 16.4. The van der Waals surface area contributed by atoms with Crippen molar-refractivity contribution in [3.63, 3.8) is 0 Å². The molecule has 3 aromatic rings. The molecule has 2 heterocycles. The van der Waals surface area contributed by atoms with Crippen molar-refractivity contribution in [3.05, 3.63) is 65.5 Å². The summed E-state index contributed by atoms with van der Waals surface area (Å²) in [4.78, 5) is 21.2. The number of sulfone groups is 1. The lowest BCUT2D eigenvalue weighted by atomic mass is 10.1. The molecule has 1 aliphatic rings. The zero-order valence-electron chi connectivity index (χ0n) is 20.5. The van der Waals surface area contributed by atoms with Crippen molar-refractivity contribution in [1.29, 1.82) is 0 Å². The number of carbonyl (C=O) groups excluding carboxylic acids is 1. The lowest BCUT2D eigenvalue weighted by molar-refractivity contribution is -0.129. The SMILES string of the molecule is COc1cccc(-c2nc(CS(=O)(=O)CC(=O)N3CCN(c4cccc(C)c4)C(C)C3)c(C)o2)c1. The minimum absolute atomic E-state index is 0.0837. The molecule has 9 heteroatoms. The summed E-state index contributed by atoms with van der Waals surface area (Å²) in [5.74, 6) is 0.102. The zero-order valence-corrected chi connectivity index (χ0v) is 21.3. The molecule has 0 radical (unpaired) electrons. The van der Waals surface area contributed by atoms with Crippen molar-refractivity contribution in [3.8, 4) is 17.2 Å². The van der Waals surface area contributed by atoms with E-state index in [1.165, 1.54) is 5.56 Å². The fourth-order valence-electron chi connectivity index (χ4n) is 4.35. The van der Waals surface area contributed by atoms with E-state index in [4.69, 9.17) is 9.15 Å². The van der Waals surface area contributed by atoms with Crippen LogP contribution in [0.2, 0.25) is 0 Å². The maximum atomic E-state index is 12.9. The van der Waals surface area contributed by atoms with Gasteiger partial charge in [-0.2, -0.15) is 0 Å². The molecule has 35 heavy (non-hydrogen) atoms. The van der Waals surface area contributed by atoms with Crippen LogP contribution in [0.1, 0.15) is 23.9 Å². The van der Waals surface area contributed by atoms with E-state index in [0.29, 0.717) is 48.3 Å². The Labute approximate surface area is 206 Å². The highest BCUT2D eigenvalue weighted by molar-refractivity contribution is 7.91. The van der Waals surface area contributed by atoms with Crippen molar-refractivity contribution < 1.29 is 22.4 Å². The number of benzene rings is 2. The van der Waals surface area contributed by atoms with Crippen LogP contribution in [0.3, 0.4) is 0 Å². The summed E-state index contributed by atoms with van der Waals surface area (Å²) in [6, 6.07) is 15.5. The molecule has 1 aromatic heterocycles. The number of aryl methyl sites for hydroxylation is 2. The summed E-state index contributed by atoms with van der Waals surface area (Å²) in [5.41, 5.74) is 3.29. The molecule has 0 N–H and O–H groups in total. The monoisotopic (exact) mass is 497 g/mol. The van der Waals surface area contributed by atoms with E-state index in [1.54, 1.807) is 31.1 Å². The number of hydrogen-bond donors (Lipinski definition) is 0. The van der Waals surface area contributed by atoms with Crippen LogP contribution in [0.25, 0.3) is 11.5 Å². The van der Waals surface area contributed by atoms with Crippen molar-refractivity contribution in [1.82, 2.24) is 9.88 Å². The largest absolute Gasteiger partial charge is 0.497 e. The molecule has 0 saturated carbocycles. The van der Waals surface area contributed by atoms with Crippen molar-refractivity contribution >= 4 is 21.4 Å². The molecule has 4 rings (SSSR count). The molecule has 0 spiro atoms. The molecule has 1 aliphatic heterocycles. The van der Waals surface area contributed by atoms with E-state index in [0.717, 1.165) is 5.69 Å². The van der Waals surface area contributed by atoms with Crippen molar-refractivity contribution in [2.45, 2.75) is 32.6 Å². The van der Waals surface area contributed by atoms with Gasteiger partial charge in [0, 0.05) is 36.9 Å². The summed E-state index contributed by atoms with van der Waals surface area (Å²) in [7, 11) is -2.16. The zero-order chi connectivity index (χ0) is 25.2. The highest BCUT2D eigenvalue weighted by atomic mass is 32.2. The number of aromatic nitrogens is 1. The van der Waals surface area contributed by atoms with Crippen LogP contribution in [0.15, 0.2) is 52.9 Å². The number of amides is 1. The van der Waals surface area contributed by atoms with E-state index >= 15 is 0 Å². The second-order valence-corrected chi connectivity index (χ2v) is 11.1. The Morgan fingerprint density at radius 3 is 2.63 bits per heavy atom. The summed E-state index contributed by atoms with van der Waals surface area (Å²) >= 11 is 0. The van der Waals surface area contributed by atoms with E-state index in [9.17, 15) is 13.2 Å². The second kappa shape index (κ2) is 10.1. The van der Waals surface area contributed by atoms with Gasteiger partial charge in [0.05, 0.1) is 18.6 Å². The lowest BCUT2D eigenvalue weighted by Gasteiger charge is -2.41. The van der Waals surface area contributed by atoms with Gasteiger partial charge in [-0.3, -0.25) is 4.79 Å². The Kier molecular flexibility index (Phi) is 7.16. The van der Waals surface area contributed by atoms with Crippen molar-refractivity contribution in [2.75, 3.05) is 37.4 Å². The maximum absolute atomic E-state index is 12.9. The first kappa shape index (κ1) is 24.8. The predicted molar refractivity (Wildman–Crippen MR) is 135 cm³/mol. The summed E-state index contributed by atoms with van der Waals surface area (Å²) in [5, 5.41) is 0. The fraction of sp³-hybridized carbons (Fsp3) is 0.385. The van der Waals surface area contributed by atoms with E-state index in [1.807, 2.05) is 18.2 Å². The Bertz CT molecular complexity index is 1320. The van der Waals surface area contributed by atoms with Gasteiger partial charge in [0.2, 0.25) is 11.8 Å². The number of piperazine rings is 1. The molecule has 1 saturated heterocycles. The standard InChI is InChI=1S/C26H31N3O5S/c1-18-7-5-9-22(13-18)29-12-11-28(15-19(29)2)25(30)17-35(31,32)16-24-20(3)34-26(27-24)21-8-6-10-23(14-21)33-4/h5-10,13-14,19H,11-12,15-17H2,1-4H3. The van der Waals surface area contributed by atoms with Gasteiger partial charge in [0.1, 0.15) is 17.3 Å². The number of nitrogens with zero attached hydrogens (tertiary/aromatic N) is 3. The molecule has 186 valence electrons. The van der Waals surface area contributed by atoms with Gasteiger partial charge in [0.15, 0.2) is 9.84 Å². The number of carbonyl (C=O) groups is 1. The Morgan fingerprint density at radius 2 is 1.91 bits per heavy atom. The van der Waals surface area contributed by atoms with Crippen LogP contribution >= 0.6 is 0 Å². The topological polar surface area (TPSA) is 92.9 Å². The Morgan fingerprint density at radius 1 is 1.14 bits per heavy atom. The average molecular weight is 498 g/mol. The quantitative estimate of drug-likeness (QED) is 0.492.